The number of hydrogen-bond acceptors (Lipinski definition) is 3. The maximum atomic E-state index is 12.4. The molecule has 0 aliphatic heterocycles. The van der Waals surface area contributed by atoms with Crippen molar-refractivity contribution in [3.8, 4) is 0 Å². The molecule has 0 spiro atoms. The molecule has 0 radical (unpaired) electrons. The van der Waals surface area contributed by atoms with Gasteiger partial charge in [0.1, 0.15) is 0 Å². The van der Waals surface area contributed by atoms with Crippen LogP contribution in [0, 0.1) is 17.8 Å². The molecular formula is C15H20N2OS. The first-order valence-corrected chi connectivity index (χ1v) is 8.12. The van der Waals surface area contributed by atoms with E-state index >= 15 is 0 Å². The summed E-state index contributed by atoms with van der Waals surface area (Å²) in [7, 11) is 0. The number of fused-ring (bicyclic) bond motifs is 2. The van der Waals surface area contributed by atoms with Crippen molar-refractivity contribution in [3.63, 3.8) is 0 Å². The Morgan fingerprint density at radius 3 is 2.53 bits per heavy atom. The molecule has 2 saturated carbocycles. The number of rotatable bonds is 3. The second-order valence-electron chi connectivity index (χ2n) is 5.65. The van der Waals surface area contributed by atoms with Gasteiger partial charge in [-0.1, -0.05) is 0 Å². The van der Waals surface area contributed by atoms with Gasteiger partial charge >= 0.3 is 0 Å². The summed E-state index contributed by atoms with van der Waals surface area (Å²) in [6, 6.07) is 8.04. The summed E-state index contributed by atoms with van der Waals surface area (Å²) in [6.07, 6.45) is 5.56. The Morgan fingerprint density at radius 2 is 1.95 bits per heavy atom. The van der Waals surface area contributed by atoms with Crippen LogP contribution in [0.5, 0.6) is 0 Å². The zero-order chi connectivity index (χ0) is 13.4. The summed E-state index contributed by atoms with van der Waals surface area (Å²) in [6.45, 7) is 0. The molecule has 1 amide bonds. The minimum Gasteiger partial charge on any atom is -0.327 e. The van der Waals surface area contributed by atoms with Gasteiger partial charge in [-0.15, -0.1) is 11.8 Å². The molecule has 3 rings (SSSR count). The highest BCUT2D eigenvalue weighted by Gasteiger charge is 2.49. The van der Waals surface area contributed by atoms with Gasteiger partial charge in [0, 0.05) is 16.6 Å². The quantitative estimate of drug-likeness (QED) is 0.835. The number of amides is 1. The van der Waals surface area contributed by atoms with E-state index in [0.29, 0.717) is 11.8 Å². The van der Waals surface area contributed by atoms with E-state index in [4.69, 9.17) is 5.73 Å². The molecular weight excluding hydrogens is 256 g/mol. The predicted molar refractivity (Wildman–Crippen MR) is 79.1 cm³/mol. The Hall–Kier alpha value is -1.00. The molecule has 3 nitrogen and oxygen atoms in total. The largest absolute Gasteiger partial charge is 0.327 e. The van der Waals surface area contributed by atoms with Gasteiger partial charge in [-0.3, -0.25) is 4.79 Å². The summed E-state index contributed by atoms with van der Waals surface area (Å²) >= 11 is 1.70. The summed E-state index contributed by atoms with van der Waals surface area (Å²) in [4.78, 5) is 13.6. The van der Waals surface area contributed by atoms with Gasteiger partial charge in [-0.2, -0.15) is 0 Å². The fourth-order valence-electron chi connectivity index (χ4n) is 3.62. The Balaban J connectivity index is 1.67. The second kappa shape index (κ2) is 5.17. The van der Waals surface area contributed by atoms with Crippen LogP contribution in [0.3, 0.4) is 0 Å². The molecule has 0 aromatic heterocycles. The molecule has 4 heteroatoms. The molecule has 1 aromatic rings. The molecule has 19 heavy (non-hydrogen) atoms. The summed E-state index contributed by atoms with van der Waals surface area (Å²) in [5.41, 5.74) is 7.07. The van der Waals surface area contributed by atoms with Crippen LogP contribution in [0.1, 0.15) is 19.3 Å². The molecule has 4 unspecified atom stereocenters. The molecule has 2 fully saturated rings. The number of carbonyl (C=O) groups is 1. The maximum absolute atomic E-state index is 12.4. The van der Waals surface area contributed by atoms with Crippen molar-refractivity contribution in [3.05, 3.63) is 24.3 Å². The lowest BCUT2D eigenvalue weighted by atomic mass is 9.84. The van der Waals surface area contributed by atoms with Crippen LogP contribution >= 0.6 is 11.8 Å². The van der Waals surface area contributed by atoms with Gasteiger partial charge in [0.05, 0.1) is 5.92 Å². The van der Waals surface area contributed by atoms with Crippen LogP contribution in [-0.2, 0) is 4.79 Å². The number of benzene rings is 1. The third-order valence-corrected chi connectivity index (χ3v) is 5.38. The number of hydrogen-bond donors (Lipinski definition) is 2. The van der Waals surface area contributed by atoms with E-state index in [-0.39, 0.29) is 17.9 Å². The number of nitrogens with two attached hydrogens (primary N) is 1. The van der Waals surface area contributed by atoms with E-state index in [0.717, 1.165) is 12.1 Å². The lowest BCUT2D eigenvalue weighted by Crippen LogP contribution is -2.42. The van der Waals surface area contributed by atoms with E-state index in [9.17, 15) is 4.79 Å². The highest BCUT2D eigenvalue weighted by atomic mass is 32.2. The molecule has 0 saturated heterocycles. The SMILES string of the molecule is CSc1ccc(NC(=O)C2C3CCC(C3)C2N)cc1. The van der Waals surface area contributed by atoms with Gasteiger partial charge in [-0.25, -0.2) is 0 Å². The summed E-state index contributed by atoms with van der Waals surface area (Å²) < 4.78 is 0. The molecule has 0 heterocycles. The minimum absolute atomic E-state index is 0.0129. The molecule has 102 valence electrons. The number of anilines is 1. The van der Waals surface area contributed by atoms with Crippen LogP contribution in [0.4, 0.5) is 5.69 Å². The Labute approximate surface area is 118 Å². The molecule has 1 aromatic carbocycles. The van der Waals surface area contributed by atoms with Crippen LogP contribution < -0.4 is 11.1 Å². The maximum Gasteiger partial charge on any atom is 0.229 e. The average molecular weight is 276 g/mol. The van der Waals surface area contributed by atoms with Gasteiger partial charge in [0.25, 0.3) is 0 Å². The first kappa shape index (κ1) is 13.0. The standard InChI is InChI=1S/C15H20N2OS/c1-19-12-6-4-11(5-7-12)17-15(18)13-9-2-3-10(8-9)14(13)16/h4-7,9-10,13-14H,2-3,8,16H2,1H3,(H,17,18). The van der Waals surface area contributed by atoms with Gasteiger partial charge in [0.15, 0.2) is 0 Å². The number of thioether (sulfide) groups is 1. The first-order chi connectivity index (χ1) is 9.19. The lowest BCUT2D eigenvalue weighted by Gasteiger charge is -2.27. The zero-order valence-electron chi connectivity index (χ0n) is 11.1. The summed E-state index contributed by atoms with van der Waals surface area (Å²) in [5.74, 6) is 1.20. The molecule has 2 aliphatic rings. The van der Waals surface area contributed by atoms with Crippen LogP contribution in [0.2, 0.25) is 0 Å². The first-order valence-electron chi connectivity index (χ1n) is 6.89. The zero-order valence-corrected chi connectivity index (χ0v) is 12.0. The average Bonchev–Trinajstić information content (AvgIpc) is 3.00. The van der Waals surface area contributed by atoms with E-state index in [1.54, 1.807) is 11.8 Å². The Kier molecular flexibility index (Phi) is 3.54. The monoisotopic (exact) mass is 276 g/mol. The fourth-order valence-corrected chi connectivity index (χ4v) is 4.03. The van der Waals surface area contributed by atoms with E-state index in [1.807, 2.05) is 30.5 Å². The smallest absolute Gasteiger partial charge is 0.229 e. The van der Waals surface area contributed by atoms with E-state index in [1.165, 1.54) is 17.7 Å². The molecule has 2 bridgehead atoms. The Bertz CT molecular complexity index is 472. The van der Waals surface area contributed by atoms with Crippen LogP contribution in [-0.4, -0.2) is 18.2 Å². The van der Waals surface area contributed by atoms with Crippen molar-refractivity contribution < 1.29 is 4.79 Å². The van der Waals surface area contributed by atoms with Crippen molar-refractivity contribution in [1.82, 2.24) is 0 Å². The topological polar surface area (TPSA) is 55.1 Å². The van der Waals surface area contributed by atoms with Crippen LogP contribution in [0.25, 0.3) is 0 Å². The van der Waals surface area contributed by atoms with Crippen molar-refractivity contribution in [2.75, 3.05) is 11.6 Å². The van der Waals surface area contributed by atoms with Crippen LogP contribution in [0.15, 0.2) is 29.2 Å². The normalized spacial score (nSPS) is 32.5. The molecule has 3 N–H and O–H groups in total. The van der Waals surface area contributed by atoms with Crippen molar-refractivity contribution >= 4 is 23.4 Å². The Morgan fingerprint density at radius 1 is 1.26 bits per heavy atom. The third kappa shape index (κ3) is 2.39. The summed E-state index contributed by atoms with van der Waals surface area (Å²) in [5, 5.41) is 3.02. The number of carbonyl (C=O) groups excluding carboxylic acids is 1. The highest BCUT2D eigenvalue weighted by Crippen LogP contribution is 2.47. The van der Waals surface area contributed by atoms with Crippen molar-refractivity contribution in [2.45, 2.75) is 30.2 Å². The number of nitrogens with one attached hydrogen (secondary N) is 1. The molecule has 2 aliphatic carbocycles. The fraction of sp³-hybridized carbons (Fsp3) is 0.533. The van der Waals surface area contributed by atoms with Crippen molar-refractivity contribution in [2.24, 2.45) is 23.5 Å². The minimum atomic E-state index is 0.0129. The van der Waals surface area contributed by atoms with E-state index in [2.05, 4.69) is 5.32 Å². The van der Waals surface area contributed by atoms with Gasteiger partial charge in [-0.05, 0) is 61.6 Å². The molecule has 4 atom stereocenters. The predicted octanol–water partition coefficient (Wildman–Crippen LogP) is 2.72. The van der Waals surface area contributed by atoms with Gasteiger partial charge < -0.3 is 11.1 Å². The van der Waals surface area contributed by atoms with Gasteiger partial charge in [0.2, 0.25) is 5.91 Å². The second-order valence-corrected chi connectivity index (χ2v) is 6.53. The third-order valence-electron chi connectivity index (χ3n) is 4.64. The highest BCUT2D eigenvalue weighted by molar-refractivity contribution is 7.98. The van der Waals surface area contributed by atoms with Crippen molar-refractivity contribution in [1.29, 1.82) is 0 Å². The lowest BCUT2D eigenvalue weighted by molar-refractivity contribution is -0.121. The van der Waals surface area contributed by atoms with E-state index < -0.39 is 0 Å².